The van der Waals surface area contributed by atoms with Crippen molar-refractivity contribution in [2.45, 2.75) is 24.8 Å². The van der Waals surface area contributed by atoms with Crippen LogP contribution >= 0.6 is 11.8 Å². The molecule has 2 heterocycles. The van der Waals surface area contributed by atoms with Gasteiger partial charge in [0.1, 0.15) is 0 Å². The number of amides is 1. The van der Waals surface area contributed by atoms with Crippen molar-refractivity contribution in [3.63, 3.8) is 0 Å². The number of carbonyl (C=O) groups is 1. The fourth-order valence-electron chi connectivity index (χ4n) is 3.38. The van der Waals surface area contributed by atoms with Crippen molar-refractivity contribution in [2.75, 3.05) is 32.0 Å². The van der Waals surface area contributed by atoms with Crippen LogP contribution in [-0.4, -0.2) is 59.1 Å². The third-order valence-corrected chi connectivity index (χ3v) is 5.85. The number of aryl methyl sites for hydroxylation is 1. The summed E-state index contributed by atoms with van der Waals surface area (Å²) in [7, 11) is 0. The lowest BCUT2D eigenvalue weighted by atomic mass is 10.1. The molecule has 31 heavy (non-hydrogen) atoms. The van der Waals surface area contributed by atoms with Gasteiger partial charge in [0.05, 0.1) is 18.5 Å². The zero-order valence-electron chi connectivity index (χ0n) is 17.5. The van der Waals surface area contributed by atoms with Gasteiger partial charge in [-0.2, -0.15) is 0 Å². The highest BCUT2D eigenvalue weighted by Gasteiger charge is 2.21. The van der Waals surface area contributed by atoms with E-state index in [1.54, 1.807) is 0 Å². The second kappa shape index (κ2) is 10.6. The van der Waals surface area contributed by atoms with Crippen LogP contribution in [0.4, 0.5) is 0 Å². The molecule has 0 radical (unpaired) electrons. The van der Waals surface area contributed by atoms with E-state index in [-0.39, 0.29) is 17.8 Å². The van der Waals surface area contributed by atoms with Gasteiger partial charge in [-0.1, -0.05) is 59.8 Å². The van der Waals surface area contributed by atoms with E-state index in [1.165, 1.54) is 22.9 Å². The van der Waals surface area contributed by atoms with Crippen LogP contribution in [-0.2, 0) is 16.1 Å². The van der Waals surface area contributed by atoms with Gasteiger partial charge in [0, 0.05) is 31.7 Å². The standard InChI is InChI=1S/C23H26N4O3S/c1-17-7-9-19(10-8-17)22-25-26-23(30-22)31-16-21(28)24-13-20-15-27(11-12-29-20)14-18-5-3-2-4-6-18/h2-10,20H,11-16H2,1H3,(H,24,28). The summed E-state index contributed by atoms with van der Waals surface area (Å²) >= 11 is 1.23. The van der Waals surface area contributed by atoms with Crippen LogP contribution in [0.25, 0.3) is 11.5 Å². The molecule has 0 aliphatic carbocycles. The van der Waals surface area contributed by atoms with Crippen LogP contribution in [0, 0.1) is 6.92 Å². The molecule has 162 valence electrons. The second-order valence-corrected chi connectivity index (χ2v) is 8.47. The maximum absolute atomic E-state index is 12.3. The van der Waals surface area contributed by atoms with Gasteiger partial charge in [0.15, 0.2) is 0 Å². The molecule has 0 saturated carbocycles. The minimum Gasteiger partial charge on any atom is -0.411 e. The fourth-order valence-corrected chi connectivity index (χ4v) is 3.97. The van der Waals surface area contributed by atoms with E-state index < -0.39 is 0 Å². The predicted molar refractivity (Wildman–Crippen MR) is 120 cm³/mol. The lowest BCUT2D eigenvalue weighted by Gasteiger charge is -2.33. The van der Waals surface area contributed by atoms with Gasteiger partial charge in [0.25, 0.3) is 5.22 Å². The average Bonchev–Trinajstić information content (AvgIpc) is 3.27. The molecule has 8 heteroatoms. The van der Waals surface area contributed by atoms with Crippen LogP contribution in [0.15, 0.2) is 64.2 Å². The van der Waals surface area contributed by atoms with Crippen LogP contribution < -0.4 is 5.32 Å². The molecule has 0 spiro atoms. The number of nitrogens with zero attached hydrogens (tertiary/aromatic N) is 3. The molecule has 1 aromatic heterocycles. The molecule has 1 fully saturated rings. The molecule has 0 bridgehead atoms. The Labute approximate surface area is 186 Å². The minimum atomic E-state index is -0.0798. The van der Waals surface area contributed by atoms with E-state index in [0.29, 0.717) is 24.3 Å². The Bertz CT molecular complexity index is 978. The first-order valence-corrected chi connectivity index (χ1v) is 11.3. The van der Waals surface area contributed by atoms with Crippen LogP contribution in [0.3, 0.4) is 0 Å². The van der Waals surface area contributed by atoms with E-state index >= 15 is 0 Å². The SMILES string of the molecule is Cc1ccc(-c2nnc(SCC(=O)NCC3CN(Cc4ccccc4)CCO3)o2)cc1. The summed E-state index contributed by atoms with van der Waals surface area (Å²) in [5, 5.41) is 11.4. The molecule has 1 saturated heterocycles. The van der Waals surface area contributed by atoms with Crippen LogP contribution in [0.2, 0.25) is 0 Å². The summed E-state index contributed by atoms with van der Waals surface area (Å²) in [6.45, 7) is 5.78. The first-order valence-electron chi connectivity index (χ1n) is 10.3. The maximum Gasteiger partial charge on any atom is 0.277 e. The van der Waals surface area contributed by atoms with Gasteiger partial charge >= 0.3 is 0 Å². The summed E-state index contributed by atoms with van der Waals surface area (Å²) < 4.78 is 11.5. The van der Waals surface area contributed by atoms with Gasteiger partial charge in [-0.05, 0) is 24.6 Å². The van der Waals surface area contributed by atoms with Crippen LogP contribution in [0.1, 0.15) is 11.1 Å². The van der Waals surface area contributed by atoms with E-state index in [2.05, 4.69) is 44.7 Å². The molecular weight excluding hydrogens is 412 g/mol. The van der Waals surface area contributed by atoms with E-state index in [4.69, 9.17) is 9.15 Å². The van der Waals surface area contributed by atoms with E-state index in [1.807, 2.05) is 37.3 Å². The van der Waals surface area contributed by atoms with Gasteiger partial charge < -0.3 is 14.5 Å². The lowest BCUT2D eigenvalue weighted by Crippen LogP contribution is -2.47. The quantitative estimate of drug-likeness (QED) is 0.541. The number of morpholine rings is 1. The maximum atomic E-state index is 12.3. The van der Waals surface area contributed by atoms with Crippen molar-refractivity contribution < 1.29 is 13.9 Å². The Morgan fingerprint density at radius 2 is 1.97 bits per heavy atom. The zero-order chi connectivity index (χ0) is 21.5. The number of rotatable bonds is 8. The molecule has 4 rings (SSSR count). The Balaban J connectivity index is 1.19. The fraction of sp³-hybridized carbons (Fsp3) is 0.348. The monoisotopic (exact) mass is 438 g/mol. The second-order valence-electron chi connectivity index (χ2n) is 7.55. The predicted octanol–water partition coefficient (Wildman–Crippen LogP) is 3.15. The molecule has 1 aliphatic rings. The Hall–Kier alpha value is -2.68. The number of ether oxygens (including phenoxy) is 1. The number of hydrogen-bond donors (Lipinski definition) is 1. The number of benzene rings is 2. The van der Waals surface area contributed by atoms with Crippen molar-refractivity contribution in [3.8, 4) is 11.5 Å². The first-order chi connectivity index (χ1) is 15.2. The zero-order valence-corrected chi connectivity index (χ0v) is 18.3. The molecule has 3 aromatic rings. The minimum absolute atomic E-state index is 0.0112. The molecule has 2 aromatic carbocycles. The first kappa shape index (κ1) is 21.5. The number of thioether (sulfide) groups is 1. The Morgan fingerprint density at radius 1 is 1.16 bits per heavy atom. The van der Waals surface area contributed by atoms with Gasteiger partial charge in [-0.3, -0.25) is 9.69 Å². The number of nitrogens with one attached hydrogen (secondary N) is 1. The molecule has 1 atom stereocenters. The smallest absolute Gasteiger partial charge is 0.277 e. The molecule has 1 aliphatic heterocycles. The normalized spacial score (nSPS) is 16.9. The van der Waals surface area contributed by atoms with Gasteiger partial charge in [0.2, 0.25) is 11.8 Å². The lowest BCUT2D eigenvalue weighted by molar-refractivity contribution is -0.119. The average molecular weight is 439 g/mol. The summed E-state index contributed by atoms with van der Waals surface area (Å²) in [6.07, 6.45) is -0.0112. The number of hydrogen-bond acceptors (Lipinski definition) is 7. The highest BCUT2D eigenvalue weighted by molar-refractivity contribution is 7.99. The number of carbonyl (C=O) groups excluding carboxylic acids is 1. The molecule has 1 unspecified atom stereocenters. The molecule has 7 nitrogen and oxygen atoms in total. The summed E-state index contributed by atoms with van der Waals surface area (Å²) in [5.41, 5.74) is 3.32. The van der Waals surface area contributed by atoms with Crippen molar-refractivity contribution in [3.05, 3.63) is 65.7 Å². The third kappa shape index (κ3) is 6.40. The highest BCUT2D eigenvalue weighted by atomic mass is 32.2. The molecular formula is C23H26N4O3S. The van der Waals surface area contributed by atoms with Crippen molar-refractivity contribution in [1.82, 2.24) is 20.4 Å². The topological polar surface area (TPSA) is 80.5 Å². The Kier molecular flexibility index (Phi) is 7.35. The van der Waals surface area contributed by atoms with E-state index in [0.717, 1.165) is 25.2 Å². The summed E-state index contributed by atoms with van der Waals surface area (Å²) in [4.78, 5) is 14.6. The molecule has 1 N–H and O–H groups in total. The van der Waals surface area contributed by atoms with Gasteiger partial charge in [-0.15, -0.1) is 10.2 Å². The Morgan fingerprint density at radius 3 is 2.77 bits per heavy atom. The van der Waals surface area contributed by atoms with Crippen LogP contribution in [0.5, 0.6) is 0 Å². The summed E-state index contributed by atoms with van der Waals surface area (Å²) in [5.74, 6) is 0.594. The van der Waals surface area contributed by atoms with Gasteiger partial charge in [-0.25, -0.2) is 0 Å². The summed E-state index contributed by atoms with van der Waals surface area (Å²) in [6, 6.07) is 18.3. The van der Waals surface area contributed by atoms with E-state index in [9.17, 15) is 4.79 Å². The van der Waals surface area contributed by atoms with Crippen molar-refractivity contribution >= 4 is 17.7 Å². The molecule has 1 amide bonds. The highest BCUT2D eigenvalue weighted by Crippen LogP contribution is 2.23. The number of aromatic nitrogens is 2. The largest absolute Gasteiger partial charge is 0.411 e. The van der Waals surface area contributed by atoms with Crippen molar-refractivity contribution in [2.24, 2.45) is 0 Å². The van der Waals surface area contributed by atoms with Crippen molar-refractivity contribution in [1.29, 1.82) is 0 Å². The third-order valence-electron chi connectivity index (χ3n) is 5.03.